The van der Waals surface area contributed by atoms with E-state index in [0.29, 0.717) is 17.2 Å². The zero-order valence-corrected chi connectivity index (χ0v) is 18.5. The van der Waals surface area contributed by atoms with Gasteiger partial charge < -0.3 is 15.5 Å². The molecule has 0 saturated carbocycles. The molecular formula is C23H25FN8O. The van der Waals surface area contributed by atoms with E-state index in [-0.39, 0.29) is 17.5 Å². The summed E-state index contributed by atoms with van der Waals surface area (Å²) in [7, 11) is 2.12. The molecule has 1 aliphatic rings. The average molecular weight is 449 g/mol. The summed E-state index contributed by atoms with van der Waals surface area (Å²) in [6.07, 6.45) is 6.82. The molecular weight excluding hydrogens is 423 g/mol. The van der Waals surface area contributed by atoms with Gasteiger partial charge in [-0.25, -0.2) is 14.4 Å². The Bertz CT molecular complexity index is 1160. The highest BCUT2D eigenvalue weighted by atomic mass is 19.1. The van der Waals surface area contributed by atoms with Crippen molar-refractivity contribution in [3.05, 3.63) is 54.2 Å². The van der Waals surface area contributed by atoms with Crippen LogP contribution >= 0.6 is 0 Å². The number of piperidine rings is 1. The minimum Gasteiger partial charge on any atom is -0.337 e. The Hall–Kier alpha value is -3.84. The molecule has 1 aromatic carbocycles. The van der Waals surface area contributed by atoms with Gasteiger partial charge >= 0.3 is 0 Å². The third kappa shape index (κ3) is 5.32. The number of nitriles is 1. The van der Waals surface area contributed by atoms with E-state index in [1.165, 1.54) is 0 Å². The maximum Gasteiger partial charge on any atom is 0.252 e. The fourth-order valence-corrected chi connectivity index (χ4v) is 3.71. The molecule has 0 bridgehead atoms. The standard InChI is InChI=1S/C23H25FN8O/c1-15(11-25)28-22(33)17-5-3-16(4-6-17)21-20(24)13-26-23(30-21)29-18-12-27-32(14-18)19-7-9-31(2)10-8-19/h3-6,12-15,19H,7-10H2,1-2H3,(H,28,33)(H,26,29,30)/t15-/m1/s1. The highest BCUT2D eigenvalue weighted by Crippen LogP contribution is 2.25. The van der Waals surface area contributed by atoms with Gasteiger partial charge in [0.2, 0.25) is 5.95 Å². The van der Waals surface area contributed by atoms with Crippen LogP contribution in [0.2, 0.25) is 0 Å². The quantitative estimate of drug-likeness (QED) is 0.596. The minimum atomic E-state index is -0.603. The number of amides is 1. The largest absolute Gasteiger partial charge is 0.337 e. The summed E-state index contributed by atoms with van der Waals surface area (Å²) in [6.45, 7) is 3.67. The number of anilines is 2. The molecule has 4 rings (SSSR count). The van der Waals surface area contributed by atoms with E-state index >= 15 is 0 Å². The molecule has 0 spiro atoms. The van der Waals surface area contributed by atoms with Gasteiger partial charge in [0, 0.05) is 17.3 Å². The van der Waals surface area contributed by atoms with Gasteiger partial charge in [-0.15, -0.1) is 0 Å². The smallest absolute Gasteiger partial charge is 0.252 e. The Morgan fingerprint density at radius 2 is 1.97 bits per heavy atom. The van der Waals surface area contributed by atoms with Crippen molar-refractivity contribution in [2.24, 2.45) is 0 Å². The number of benzene rings is 1. The number of carbonyl (C=O) groups excluding carboxylic acids is 1. The molecule has 170 valence electrons. The van der Waals surface area contributed by atoms with E-state index in [1.54, 1.807) is 37.4 Å². The minimum absolute atomic E-state index is 0.118. The van der Waals surface area contributed by atoms with E-state index in [0.717, 1.165) is 37.8 Å². The first-order valence-electron chi connectivity index (χ1n) is 10.8. The van der Waals surface area contributed by atoms with Crippen molar-refractivity contribution in [3.63, 3.8) is 0 Å². The van der Waals surface area contributed by atoms with Crippen LogP contribution in [0.1, 0.15) is 36.2 Å². The number of aromatic nitrogens is 4. The van der Waals surface area contributed by atoms with Gasteiger partial charge in [-0.2, -0.15) is 10.4 Å². The van der Waals surface area contributed by atoms with Crippen molar-refractivity contribution in [2.75, 3.05) is 25.5 Å². The van der Waals surface area contributed by atoms with Gasteiger partial charge in [-0.1, -0.05) is 12.1 Å². The van der Waals surface area contributed by atoms with Gasteiger partial charge in [-0.05, 0) is 52.0 Å². The van der Waals surface area contributed by atoms with Crippen molar-refractivity contribution < 1.29 is 9.18 Å². The van der Waals surface area contributed by atoms with Crippen LogP contribution in [-0.4, -0.2) is 56.7 Å². The van der Waals surface area contributed by atoms with Gasteiger partial charge in [0.25, 0.3) is 5.91 Å². The molecule has 33 heavy (non-hydrogen) atoms. The molecule has 1 fully saturated rings. The molecule has 0 aliphatic carbocycles. The molecule has 2 N–H and O–H groups in total. The summed E-state index contributed by atoms with van der Waals surface area (Å²) in [4.78, 5) is 22.8. The van der Waals surface area contributed by atoms with Crippen molar-refractivity contribution in [3.8, 4) is 17.3 Å². The number of hydrogen-bond acceptors (Lipinski definition) is 7. The molecule has 1 aliphatic heterocycles. The lowest BCUT2D eigenvalue weighted by Gasteiger charge is -2.28. The van der Waals surface area contributed by atoms with E-state index in [1.807, 2.05) is 16.9 Å². The fraction of sp³-hybridized carbons (Fsp3) is 0.348. The lowest BCUT2D eigenvalue weighted by atomic mass is 10.1. The Labute approximate surface area is 191 Å². The Morgan fingerprint density at radius 1 is 1.24 bits per heavy atom. The molecule has 2 aromatic heterocycles. The van der Waals surface area contributed by atoms with E-state index in [9.17, 15) is 9.18 Å². The summed E-state index contributed by atoms with van der Waals surface area (Å²) in [5, 5.41) is 18.9. The van der Waals surface area contributed by atoms with Crippen LogP contribution < -0.4 is 10.6 Å². The first kappa shape index (κ1) is 22.4. The van der Waals surface area contributed by atoms with Gasteiger partial charge in [0.1, 0.15) is 11.7 Å². The molecule has 0 unspecified atom stereocenters. The van der Waals surface area contributed by atoms with Crippen LogP contribution in [0.5, 0.6) is 0 Å². The van der Waals surface area contributed by atoms with E-state index in [2.05, 4.69) is 37.6 Å². The summed E-state index contributed by atoms with van der Waals surface area (Å²) >= 11 is 0. The predicted molar refractivity (Wildman–Crippen MR) is 121 cm³/mol. The maximum absolute atomic E-state index is 14.5. The number of hydrogen-bond donors (Lipinski definition) is 2. The Balaban J connectivity index is 1.47. The second kappa shape index (κ2) is 9.75. The molecule has 3 aromatic rings. The van der Waals surface area contributed by atoms with E-state index in [4.69, 9.17) is 5.26 Å². The third-order valence-electron chi connectivity index (χ3n) is 5.63. The normalized spacial score (nSPS) is 15.6. The van der Waals surface area contributed by atoms with Crippen molar-refractivity contribution >= 4 is 17.5 Å². The summed E-state index contributed by atoms with van der Waals surface area (Å²) < 4.78 is 16.4. The lowest BCUT2D eigenvalue weighted by Crippen LogP contribution is -2.31. The van der Waals surface area contributed by atoms with Crippen molar-refractivity contribution in [1.82, 2.24) is 30.0 Å². The molecule has 10 heteroatoms. The number of carbonyl (C=O) groups is 1. The lowest BCUT2D eigenvalue weighted by molar-refractivity contribution is 0.0948. The Morgan fingerprint density at radius 3 is 2.67 bits per heavy atom. The second-order valence-corrected chi connectivity index (χ2v) is 8.16. The van der Waals surface area contributed by atoms with Crippen LogP contribution in [0.3, 0.4) is 0 Å². The maximum atomic E-state index is 14.5. The number of rotatable bonds is 6. The van der Waals surface area contributed by atoms with Gasteiger partial charge in [0.15, 0.2) is 5.82 Å². The molecule has 3 heterocycles. The van der Waals surface area contributed by atoms with Crippen LogP contribution in [0.15, 0.2) is 42.9 Å². The number of likely N-dealkylation sites (tertiary alicyclic amines) is 1. The third-order valence-corrected chi connectivity index (χ3v) is 5.63. The first-order valence-corrected chi connectivity index (χ1v) is 10.8. The number of nitrogens with zero attached hydrogens (tertiary/aromatic N) is 6. The predicted octanol–water partition coefficient (Wildman–Crippen LogP) is 3.13. The molecule has 0 radical (unpaired) electrons. The average Bonchev–Trinajstić information content (AvgIpc) is 3.29. The van der Waals surface area contributed by atoms with E-state index < -0.39 is 11.9 Å². The number of halogens is 1. The SMILES string of the molecule is C[C@H](C#N)NC(=O)c1ccc(-c2nc(Nc3cnn(C4CCN(C)CC4)c3)ncc2F)cc1. The first-order chi connectivity index (χ1) is 15.9. The highest BCUT2D eigenvalue weighted by molar-refractivity contribution is 5.95. The molecule has 1 atom stereocenters. The summed E-state index contributed by atoms with van der Waals surface area (Å²) in [5.41, 5.74) is 1.72. The topological polar surface area (TPSA) is 112 Å². The summed E-state index contributed by atoms with van der Waals surface area (Å²) in [5.74, 6) is -0.695. The van der Waals surface area contributed by atoms with Crippen LogP contribution in [-0.2, 0) is 0 Å². The monoisotopic (exact) mass is 448 g/mol. The van der Waals surface area contributed by atoms with Gasteiger partial charge in [0.05, 0.1) is 30.2 Å². The van der Waals surface area contributed by atoms with Gasteiger partial charge in [-0.3, -0.25) is 9.48 Å². The molecule has 9 nitrogen and oxygen atoms in total. The molecule has 1 amide bonds. The van der Waals surface area contributed by atoms with Crippen molar-refractivity contribution in [2.45, 2.75) is 31.8 Å². The summed E-state index contributed by atoms with van der Waals surface area (Å²) in [6, 6.07) is 8.05. The van der Waals surface area contributed by atoms with Crippen LogP contribution in [0.4, 0.5) is 16.0 Å². The zero-order chi connectivity index (χ0) is 23.4. The molecule has 1 saturated heterocycles. The Kier molecular flexibility index (Phi) is 6.60. The van der Waals surface area contributed by atoms with Crippen molar-refractivity contribution in [1.29, 1.82) is 5.26 Å². The van der Waals surface area contributed by atoms with Crippen LogP contribution in [0.25, 0.3) is 11.3 Å². The second-order valence-electron chi connectivity index (χ2n) is 8.16. The fourth-order valence-electron chi connectivity index (χ4n) is 3.71. The number of nitrogens with one attached hydrogen (secondary N) is 2. The van der Waals surface area contributed by atoms with Crippen LogP contribution in [0, 0.1) is 17.1 Å². The highest BCUT2D eigenvalue weighted by Gasteiger charge is 2.19. The zero-order valence-electron chi connectivity index (χ0n) is 18.5.